The van der Waals surface area contributed by atoms with Crippen molar-refractivity contribution in [1.29, 1.82) is 0 Å². The van der Waals surface area contributed by atoms with Crippen LogP contribution in [0.4, 0.5) is 5.69 Å². The van der Waals surface area contributed by atoms with Gasteiger partial charge < -0.3 is 4.90 Å². The highest BCUT2D eigenvalue weighted by atomic mass is 35.5. The first-order valence-corrected chi connectivity index (χ1v) is 9.42. The van der Waals surface area contributed by atoms with Gasteiger partial charge in [-0.1, -0.05) is 29.3 Å². The van der Waals surface area contributed by atoms with Crippen LogP contribution in [0.25, 0.3) is 0 Å². The second-order valence-corrected chi connectivity index (χ2v) is 8.16. The molecule has 0 bridgehead atoms. The molecule has 2 aromatic rings. The van der Waals surface area contributed by atoms with Crippen molar-refractivity contribution >= 4 is 38.9 Å². The van der Waals surface area contributed by atoms with Crippen LogP contribution >= 0.6 is 23.2 Å². The molecule has 0 saturated carbocycles. The molecule has 3 rings (SSSR count). The summed E-state index contributed by atoms with van der Waals surface area (Å²) in [6.45, 7) is 2.74. The maximum absolute atomic E-state index is 11.5. The van der Waals surface area contributed by atoms with Crippen LogP contribution in [0.3, 0.4) is 0 Å². The number of hydrogen-bond donors (Lipinski definition) is 1. The van der Waals surface area contributed by atoms with Gasteiger partial charge in [-0.3, -0.25) is 0 Å². The van der Waals surface area contributed by atoms with Crippen molar-refractivity contribution in [3.8, 4) is 0 Å². The van der Waals surface area contributed by atoms with Crippen molar-refractivity contribution in [3.05, 3.63) is 57.6 Å². The molecule has 0 amide bonds. The standard InChI is InChI=1S/C16H16Cl2N2O2S/c1-10-6-12-7-14(23(19,21)22)4-5-16(12)20(10)9-11-2-3-13(17)8-15(11)18/h2-5,7-8,10H,6,9H2,1H3,(H2,19,21,22)/t10-/m1/s1. The van der Waals surface area contributed by atoms with Crippen LogP contribution in [0.1, 0.15) is 18.1 Å². The third-order valence-corrected chi connectivity index (χ3v) is 5.59. The van der Waals surface area contributed by atoms with Gasteiger partial charge >= 0.3 is 0 Å². The number of sulfonamides is 1. The molecule has 2 N–H and O–H groups in total. The lowest BCUT2D eigenvalue weighted by molar-refractivity contribution is 0.597. The van der Waals surface area contributed by atoms with Crippen LogP contribution in [0, 0.1) is 0 Å². The fourth-order valence-electron chi connectivity index (χ4n) is 2.92. The van der Waals surface area contributed by atoms with Crippen LogP contribution in [0.2, 0.25) is 10.0 Å². The summed E-state index contributed by atoms with van der Waals surface area (Å²) in [5.41, 5.74) is 2.97. The predicted octanol–water partition coefficient (Wildman–Crippen LogP) is 3.59. The minimum Gasteiger partial charge on any atom is -0.364 e. The van der Waals surface area contributed by atoms with E-state index in [-0.39, 0.29) is 10.9 Å². The Morgan fingerprint density at radius 3 is 2.61 bits per heavy atom. The molecule has 0 unspecified atom stereocenters. The molecule has 23 heavy (non-hydrogen) atoms. The van der Waals surface area contributed by atoms with E-state index in [0.29, 0.717) is 16.6 Å². The Bertz CT molecular complexity index is 868. The van der Waals surface area contributed by atoms with Gasteiger partial charge in [-0.25, -0.2) is 13.6 Å². The highest BCUT2D eigenvalue weighted by Crippen LogP contribution is 2.36. The quantitative estimate of drug-likeness (QED) is 0.897. The lowest BCUT2D eigenvalue weighted by Gasteiger charge is -2.25. The van der Waals surface area contributed by atoms with Gasteiger partial charge in [-0.2, -0.15) is 0 Å². The number of anilines is 1. The second kappa shape index (κ2) is 5.98. The summed E-state index contributed by atoms with van der Waals surface area (Å²) in [6, 6.07) is 10.7. The van der Waals surface area contributed by atoms with Gasteiger partial charge in [0.1, 0.15) is 0 Å². The van der Waals surface area contributed by atoms with Gasteiger partial charge in [-0.05, 0) is 54.8 Å². The number of hydrogen-bond acceptors (Lipinski definition) is 3. The summed E-state index contributed by atoms with van der Waals surface area (Å²) in [5.74, 6) is 0. The molecule has 2 aromatic carbocycles. The second-order valence-electron chi connectivity index (χ2n) is 5.75. The first-order chi connectivity index (χ1) is 10.8. The van der Waals surface area contributed by atoms with E-state index in [4.69, 9.17) is 28.3 Å². The molecular weight excluding hydrogens is 355 g/mol. The van der Waals surface area contributed by atoms with Gasteiger partial charge in [0.05, 0.1) is 4.90 Å². The number of rotatable bonds is 3. The van der Waals surface area contributed by atoms with E-state index < -0.39 is 10.0 Å². The number of halogens is 2. The molecule has 1 aliphatic heterocycles. The Kier molecular flexibility index (Phi) is 4.31. The number of fused-ring (bicyclic) bond motifs is 1. The van der Waals surface area contributed by atoms with E-state index in [1.807, 2.05) is 18.2 Å². The first kappa shape index (κ1) is 16.6. The fourth-order valence-corrected chi connectivity index (χ4v) is 3.96. The summed E-state index contributed by atoms with van der Waals surface area (Å²) in [7, 11) is -3.68. The number of primary sulfonamides is 1. The molecule has 0 saturated heterocycles. The van der Waals surface area contributed by atoms with Crippen LogP contribution in [-0.2, 0) is 23.0 Å². The third kappa shape index (κ3) is 3.33. The van der Waals surface area contributed by atoms with Crippen molar-refractivity contribution < 1.29 is 8.42 Å². The fraction of sp³-hybridized carbons (Fsp3) is 0.250. The van der Waals surface area contributed by atoms with Crippen molar-refractivity contribution in [2.45, 2.75) is 30.8 Å². The Morgan fingerprint density at radius 1 is 1.22 bits per heavy atom. The monoisotopic (exact) mass is 370 g/mol. The SMILES string of the molecule is C[C@@H]1Cc2cc(S(N)(=O)=O)ccc2N1Cc1ccc(Cl)cc1Cl. The number of benzene rings is 2. The summed E-state index contributed by atoms with van der Waals surface area (Å²) < 4.78 is 23.0. The molecule has 0 fully saturated rings. The molecule has 1 atom stereocenters. The minimum absolute atomic E-state index is 0.148. The van der Waals surface area contributed by atoms with Crippen molar-refractivity contribution in [3.63, 3.8) is 0 Å². The van der Waals surface area contributed by atoms with E-state index in [1.54, 1.807) is 18.2 Å². The summed E-state index contributed by atoms with van der Waals surface area (Å²) >= 11 is 12.2. The highest BCUT2D eigenvalue weighted by Gasteiger charge is 2.27. The molecule has 122 valence electrons. The average Bonchev–Trinajstić information content (AvgIpc) is 2.76. The Morgan fingerprint density at radius 2 is 1.96 bits per heavy atom. The van der Waals surface area contributed by atoms with Gasteiger partial charge in [0.25, 0.3) is 0 Å². The minimum atomic E-state index is -3.68. The summed E-state index contributed by atoms with van der Waals surface area (Å²) in [5, 5.41) is 6.43. The number of nitrogens with zero attached hydrogens (tertiary/aromatic N) is 1. The molecule has 0 spiro atoms. The molecule has 4 nitrogen and oxygen atoms in total. The molecular formula is C16H16Cl2N2O2S. The predicted molar refractivity (Wildman–Crippen MR) is 93.6 cm³/mol. The molecule has 7 heteroatoms. The zero-order chi connectivity index (χ0) is 16.8. The van der Waals surface area contributed by atoms with Crippen LogP contribution in [0.5, 0.6) is 0 Å². The Labute approximate surface area is 145 Å². The highest BCUT2D eigenvalue weighted by molar-refractivity contribution is 7.89. The van der Waals surface area contributed by atoms with Gasteiger partial charge in [0.2, 0.25) is 10.0 Å². The largest absolute Gasteiger partial charge is 0.364 e. The zero-order valence-electron chi connectivity index (χ0n) is 12.5. The van der Waals surface area contributed by atoms with Crippen LogP contribution in [0.15, 0.2) is 41.3 Å². The molecule has 1 heterocycles. The lowest BCUT2D eigenvalue weighted by atomic mass is 10.1. The van der Waals surface area contributed by atoms with E-state index in [0.717, 1.165) is 23.2 Å². The van der Waals surface area contributed by atoms with E-state index >= 15 is 0 Å². The number of nitrogens with two attached hydrogens (primary N) is 1. The third-order valence-electron chi connectivity index (χ3n) is 4.09. The molecule has 0 aromatic heterocycles. The topological polar surface area (TPSA) is 63.4 Å². The maximum atomic E-state index is 11.5. The average molecular weight is 371 g/mol. The van der Waals surface area contributed by atoms with Gasteiger partial charge in [0, 0.05) is 28.3 Å². The zero-order valence-corrected chi connectivity index (χ0v) is 14.8. The van der Waals surface area contributed by atoms with Crippen LogP contribution in [-0.4, -0.2) is 14.5 Å². The van der Waals surface area contributed by atoms with E-state index in [1.165, 1.54) is 0 Å². The Hall–Kier alpha value is -1.27. The van der Waals surface area contributed by atoms with Crippen molar-refractivity contribution in [1.82, 2.24) is 0 Å². The summed E-state index contributed by atoms with van der Waals surface area (Å²) in [6.07, 6.45) is 0.768. The molecule has 0 aliphatic carbocycles. The first-order valence-electron chi connectivity index (χ1n) is 7.12. The van der Waals surface area contributed by atoms with E-state index in [2.05, 4.69) is 11.8 Å². The maximum Gasteiger partial charge on any atom is 0.238 e. The molecule has 0 radical (unpaired) electrons. The van der Waals surface area contributed by atoms with Crippen molar-refractivity contribution in [2.75, 3.05) is 4.90 Å². The van der Waals surface area contributed by atoms with Gasteiger partial charge in [-0.15, -0.1) is 0 Å². The summed E-state index contributed by atoms with van der Waals surface area (Å²) in [4.78, 5) is 2.35. The van der Waals surface area contributed by atoms with Gasteiger partial charge in [0.15, 0.2) is 0 Å². The Balaban J connectivity index is 1.94. The van der Waals surface area contributed by atoms with Crippen LogP contribution < -0.4 is 10.0 Å². The van der Waals surface area contributed by atoms with E-state index in [9.17, 15) is 8.42 Å². The lowest BCUT2D eigenvalue weighted by Crippen LogP contribution is -2.28. The van der Waals surface area contributed by atoms with Crippen molar-refractivity contribution in [2.24, 2.45) is 5.14 Å². The normalized spacial score (nSPS) is 17.4. The smallest absolute Gasteiger partial charge is 0.238 e. The molecule has 1 aliphatic rings.